The summed E-state index contributed by atoms with van der Waals surface area (Å²) in [5.41, 5.74) is 0.720. The Kier molecular flexibility index (Phi) is 5.29. The van der Waals surface area contributed by atoms with Crippen LogP contribution in [0.3, 0.4) is 0 Å². The van der Waals surface area contributed by atoms with E-state index in [4.69, 9.17) is 4.74 Å². The first kappa shape index (κ1) is 17.1. The lowest BCUT2D eigenvalue weighted by Gasteiger charge is -2.38. The van der Waals surface area contributed by atoms with Crippen LogP contribution < -0.4 is 0 Å². The molecule has 1 heterocycles. The fourth-order valence-electron chi connectivity index (χ4n) is 3.32. The van der Waals surface area contributed by atoms with Gasteiger partial charge in [0.05, 0.1) is 18.8 Å². The maximum Gasteiger partial charge on any atom is 0.123 e. The molecule has 4 heteroatoms. The molecular weight excluding hydrogens is 305 g/mol. The SMILES string of the molecule is C[C@@](O)(c1ccc(F)cc1)[C@H](CN1CCOCC1)c1ccccc1. The highest BCUT2D eigenvalue weighted by Gasteiger charge is 2.36. The lowest BCUT2D eigenvalue weighted by molar-refractivity contribution is -0.0107. The summed E-state index contributed by atoms with van der Waals surface area (Å²) < 4.78 is 18.7. The summed E-state index contributed by atoms with van der Waals surface area (Å²) in [6.45, 7) is 5.72. The fourth-order valence-corrected chi connectivity index (χ4v) is 3.32. The van der Waals surface area contributed by atoms with Crippen LogP contribution in [-0.2, 0) is 10.3 Å². The van der Waals surface area contributed by atoms with Gasteiger partial charge in [-0.05, 0) is 30.2 Å². The summed E-state index contributed by atoms with van der Waals surface area (Å²) in [5.74, 6) is -0.402. The Bertz CT molecular complexity index is 636. The van der Waals surface area contributed by atoms with Crippen molar-refractivity contribution in [1.82, 2.24) is 4.90 Å². The van der Waals surface area contributed by atoms with Crippen LogP contribution in [0.2, 0.25) is 0 Å². The third-order valence-corrected chi connectivity index (χ3v) is 4.85. The van der Waals surface area contributed by atoms with E-state index in [-0.39, 0.29) is 11.7 Å². The highest BCUT2D eigenvalue weighted by Crippen LogP contribution is 2.37. The molecule has 1 saturated heterocycles. The minimum atomic E-state index is -1.09. The smallest absolute Gasteiger partial charge is 0.123 e. The predicted molar refractivity (Wildman–Crippen MR) is 92.4 cm³/mol. The Morgan fingerprint density at radius 1 is 1.08 bits per heavy atom. The van der Waals surface area contributed by atoms with Gasteiger partial charge in [-0.15, -0.1) is 0 Å². The minimum absolute atomic E-state index is 0.109. The molecule has 3 nitrogen and oxygen atoms in total. The number of ether oxygens (including phenoxy) is 1. The monoisotopic (exact) mass is 329 g/mol. The van der Waals surface area contributed by atoms with Crippen LogP contribution in [0.5, 0.6) is 0 Å². The number of hydrogen-bond donors (Lipinski definition) is 1. The molecule has 1 aliphatic rings. The number of nitrogens with zero attached hydrogens (tertiary/aromatic N) is 1. The molecule has 0 aliphatic carbocycles. The molecule has 128 valence electrons. The van der Waals surface area contributed by atoms with E-state index in [0.717, 1.165) is 44.0 Å². The normalized spacial score (nSPS) is 19.6. The summed E-state index contributed by atoms with van der Waals surface area (Å²) >= 11 is 0. The fraction of sp³-hybridized carbons (Fsp3) is 0.400. The Balaban J connectivity index is 1.91. The van der Waals surface area contributed by atoms with Crippen LogP contribution in [0.15, 0.2) is 54.6 Å². The van der Waals surface area contributed by atoms with Crippen LogP contribution in [0, 0.1) is 5.82 Å². The molecule has 0 radical (unpaired) electrons. The van der Waals surface area contributed by atoms with Crippen molar-refractivity contribution in [3.63, 3.8) is 0 Å². The molecule has 1 N–H and O–H groups in total. The molecule has 2 aromatic rings. The molecule has 0 bridgehead atoms. The average molecular weight is 329 g/mol. The zero-order chi connectivity index (χ0) is 17.0. The van der Waals surface area contributed by atoms with E-state index < -0.39 is 5.60 Å². The topological polar surface area (TPSA) is 32.7 Å². The lowest BCUT2D eigenvalue weighted by atomic mass is 9.78. The van der Waals surface area contributed by atoms with E-state index in [2.05, 4.69) is 4.90 Å². The van der Waals surface area contributed by atoms with Crippen molar-refractivity contribution in [3.8, 4) is 0 Å². The second-order valence-corrected chi connectivity index (χ2v) is 6.53. The Labute approximate surface area is 142 Å². The molecule has 0 aromatic heterocycles. The second kappa shape index (κ2) is 7.43. The molecule has 3 rings (SSSR count). The van der Waals surface area contributed by atoms with Crippen molar-refractivity contribution < 1.29 is 14.2 Å². The van der Waals surface area contributed by atoms with E-state index >= 15 is 0 Å². The number of benzene rings is 2. The van der Waals surface area contributed by atoms with Gasteiger partial charge >= 0.3 is 0 Å². The Hall–Kier alpha value is -1.75. The Morgan fingerprint density at radius 2 is 1.71 bits per heavy atom. The summed E-state index contributed by atoms with van der Waals surface area (Å²) in [5, 5.41) is 11.3. The van der Waals surface area contributed by atoms with Gasteiger partial charge in [-0.3, -0.25) is 4.90 Å². The number of rotatable bonds is 5. The number of halogens is 1. The van der Waals surface area contributed by atoms with Crippen molar-refractivity contribution in [1.29, 1.82) is 0 Å². The molecule has 0 saturated carbocycles. The highest BCUT2D eigenvalue weighted by atomic mass is 19.1. The van der Waals surface area contributed by atoms with E-state index in [9.17, 15) is 9.50 Å². The third-order valence-electron chi connectivity index (χ3n) is 4.85. The summed E-state index contributed by atoms with van der Waals surface area (Å²) in [7, 11) is 0. The Morgan fingerprint density at radius 3 is 2.33 bits per heavy atom. The minimum Gasteiger partial charge on any atom is -0.385 e. The zero-order valence-electron chi connectivity index (χ0n) is 14.0. The van der Waals surface area contributed by atoms with Crippen LogP contribution in [-0.4, -0.2) is 42.9 Å². The van der Waals surface area contributed by atoms with Crippen LogP contribution in [0.25, 0.3) is 0 Å². The van der Waals surface area contributed by atoms with Crippen LogP contribution in [0.4, 0.5) is 4.39 Å². The number of aliphatic hydroxyl groups is 1. The van der Waals surface area contributed by atoms with E-state index in [1.807, 2.05) is 37.3 Å². The van der Waals surface area contributed by atoms with Gasteiger partial charge in [-0.25, -0.2) is 4.39 Å². The van der Waals surface area contributed by atoms with Crippen molar-refractivity contribution in [2.24, 2.45) is 0 Å². The lowest BCUT2D eigenvalue weighted by Crippen LogP contribution is -2.43. The zero-order valence-corrected chi connectivity index (χ0v) is 14.0. The molecule has 0 amide bonds. The maximum atomic E-state index is 13.3. The first-order valence-corrected chi connectivity index (χ1v) is 8.41. The molecule has 1 fully saturated rings. The van der Waals surface area contributed by atoms with Gasteiger partial charge < -0.3 is 9.84 Å². The molecule has 1 aliphatic heterocycles. The number of morpholine rings is 1. The van der Waals surface area contributed by atoms with E-state index in [1.165, 1.54) is 12.1 Å². The second-order valence-electron chi connectivity index (χ2n) is 6.53. The van der Waals surface area contributed by atoms with Gasteiger partial charge in [-0.1, -0.05) is 42.5 Å². The number of hydrogen-bond acceptors (Lipinski definition) is 3. The standard InChI is InChI=1S/C20H24FNO2/c1-20(23,17-7-9-18(21)10-8-17)19(16-5-3-2-4-6-16)15-22-11-13-24-14-12-22/h2-10,19,23H,11-15H2,1H3/t19-,20-/m1/s1. The van der Waals surface area contributed by atoms with E-state index in [1.54, 1.807) is 12.1 Å². The van der Waals surface area contributed by atoms with Gasteiger partial charge in [0.2, 0.25) is 0 Å². The van der Waals surface area contributed by atoms with Crippen molar-refractivity contribution in [2.75, 3.05) is 32.8 Å². The first-order chi connectivity index (χ1) is 11.6. The summed E-state index contributed by atoms with van der Waals surface area (Å²) in [6, 6.07) is 16.2. The maximum absolute atomic E-state index is 13.3. The quantitative estimate of drug-likeness (QED) is 0.915. The molecule has 2 aromatic carbocycles. The van der Waals surface area contributed by atoms with Crippen molar-refractivity contribution in [2.45, 2.75) is 18.4 Å². The summed E-state index contributed by atoms with van der Waals surface area (Å²) in [6.07, 6.45) is 0. The van der Waals surface area contributed by atoms with Gasteiger partial charge in [-0.2, -0.15) is 0 Å². The molecule has 0 spiro atoms. The van der Waals surface area contributed by atoms with Gasteiger partial charge in [0.25, 0.3) is 0 Å². The van der Waals surface area contributed by atoms with E-state index in [0.29, 0.717) is 0 Å². The van der Waals surface area contributed by atoms with Crippen LogP contribution in [0.1, 0.15) is 24.0 Å². The molecule has 2 atom stereocenters. The first-order valence-electron chi connectivity index (χ1n) is 8.41. The molecule has 0 unspecified atom stereocenters. The molecular formula is C20H24FNO2. The largest absolute Gasteiger partial charge is 0.385 e. The van der Waals surface area contributed by atoms with Gasteiger partial charge in [0.1, 0.15) is 5.82 Å². The predicted octanol–water partition coefficient (Wildman–Crippen LogP) is 3.15. The van der Waals surface area contributed by atoms with Gasteiger partial charge in [0, 0.05) is 25.6 Å². The van der Waals surface area contributed by atoms with Gasteiger partial charge in [0.15, 0.2) is 0 Å². The highest BCUT2D eigenvalue weighted by molar-refractivity contribution is 5.31. The average Bonchev–Trinajstić information content (AvgIpc) is 2.61. The van der Waals surface area contributed by atoms with Crippen molar-refractivity contribution in [3.05, 3.63) is 71.5 Å². The van der Waals surface area contributed by atoms with Crippen LogP contribution >= 0.6 is 0 Å². The third kappa shape index (κ3) is 3.83. The molecule has 24 heavy (non-hydrogen) atoms. The van der Waals surface area contributed by atoms with Crippen molar-refractivity contribution >= 4 is 0 Å². The summed E-state index contributed by atoms with van der Waals surface area (Å²) in [4.78, 5) is 2.32.